The zero-order chi connectivity index (χ0) is 14.7. The van der Waals surface area contributed by atoms with Gasteiger partial charge in [-0.05, 0) is 19.4 Å². The van der Waals surface area contributed by atoms with Crippen LogP contribution in [0.25, 0.3) is 11.4 Å². The van der Waals surface area contributed by atoms with Gasteiger partial charge in [-0.1, -0.05) is 19.1 Å². The molecule has 0 amide bonds. The van der Waals surface area contributed by atoms with E-state index in [1.165, 1.54) is 0 Å². The number of hydrogen-bond donors (Lipinski definition) is 1. The van der Waals surface area contributed by atoms with Crippen molar-refractivity contribution in [2.45, 2.75) is 33.4 Å². The summed E-state index contributed by atoms with van der Waals surface area (Å²) in [6.07, 6.45) is 0.817. The summed E-state index contributed by atoms with van der Waals surface area (Å²) in [4.78, 5) is 10.9. The van der Waals surface area contributed by atoms with Gasteiger partial charge in [0.15, 0.2) is 11.6 Å². The van der Waals surface area contributed by atoms with Crippen LogP contribution in [0.4, 0.5) is 5.69 Å². The molecule has 2 aromatic rings. The smallest absolute Gasteiger partial charge is 0.283 e. The highest BCUT2D eigenvalue weighted by Gasteiger charge is 2.23. The highest BCUT2D eigenvalue weighted by atomic mass is 16.6. The molecular weight excluding hydrogens is 260 g/mol. The molecule has 0 aliphatic carbocycles. The Morgan fingerprint density at radius 3 is 2.75 bits per heavy atom. The van der Waals surface area contributed by atoms with Crippen LogP contribution in [0.5, 0.6) is 0 Å². The molecule has 20 heavy (non-hydrogen) atoms. The van der Waals surface area contributed by atoms with E-state index >= 15 is 0 Å². The van der Waals surface area contributed by atoms with Crippen molar-refractivity contribution in [3.8, 4) is 11.4 Å². The summed E-state index contributed by atoms with van der Waals surface area (Å²) < 4.78 is 1.72. The van der Waals surface area contributed by atoms with Gasteiger partial charge in [0.1, 0.15) is 6.61 Å². The molecule has 7 nitrogen and oxygen atoms in total. The minimum atomic E-state index is -0.408. The predicted molar refractivity (Wildman–Crippen MR) is 73.1 cm³/mol. The van der Waals surface area contributed by atoms with Crippen LogP contribution in [0.3, 0.4) is 0 Å². The first kappa shape index (κ1) is 14.1. The summed E-state index contributed by atoms with van der Waals surface area (Å²) in [5.41, 5.74) is 1.03. The second kappa shape index (κ2) is 5.79. The van der Waals surface area contributed by atoms with Crippen molar-refractivity contribution in [1.82, 2.24) is 14.8 Å². The fourth-order valence-corrected chi connectivity index (χ4v) is 2.19. The van der Waals surface area contributed by atoms with Crippen molar-refractivity contribution < 1.29 is 10.0 Å². The number of nitrogens with zero attached hydrogens (tertiary/aromatic N) is 4. The fourth-order valence-electron chi connectivity index (χ4n) is 2.19. The molecule has 0 aliphatic rings. The number of aryl methyl sites for hydroxylation is 1. The summed E-state index contributed by atoms with van der Waals surface area (Å²) in [5.74, 6) is 0.837. The van der Waals surface area contributed by atoms with Crippen molar-refractivity contribution in [2.75, 3.05) is 0 Å². The Hall–Kier alpha value is -2.28. The Kier molecular flexibility index (Phi) is 4.09. The Bertz CT molecular complexity index is 637. The zero-order valence-corrected chi connectivity index (χ0v) is 11.4. The molecule has 1 heterocycles. The van der Waals surface area contributed by atoms with E-state index in [1.807, 2.05) is 6.92 Å². The van der Waals surface area contributed by atoms with Gasteiger partial charge in [-0.25, -0.2) is 0 Å². The number of aliphatic hydroxyl groups excluding tert-OH is 1. The highest BCUT2D eigenvalue weighted by molar-refractivity contribution is 5.70. The third kappa shape index (κ3) is 2.39. The van der Waals surface area contributed by atoms with Gasteiger partial charge in [-0.3, -0.25) is 10.1 Å². The van der Waals surface area contributed by atoms with E-state index in [9.17, 15) is 15.2 Å². The molecule has 0 spiro atoms. The number of nitro groups is 1. The summed E-state index contributed by atoms with van der Waals surface area (Å²) >= 11 is 0. The van der Waals surface area contributed by atoms with Crippen LogP contribution in [0.2, 0.25) is 0 Å². The summed E-state index contributed by atoms with van der Waals surface area (Å²) in [7, 11) is 0. The van der Waals surface area contributed by atoms with Crippen LogP contribution in [-0.4, -0.2) is 24.8 Å². The molecule has 1 aromatic heterocycles. The van der Waals surface area contributed by atoms with E-state index in [0.29, 0.717) is 29.3 Å². The second-order valence-corrected chi connectivity index (χ2v) is 4.48. The third-order valence-corrected chi connectivity index (χ3v) is 3.08. The van der Waals surface area contributed by atoms with E-state index in [4.69, 9.17) is 0 Å². The predicted octanol–water partition coefficient (Wildman–Crippen LogP) is 2.06. The molecule has 106 valence electrons. The number of hydrogen-bond acceptors (Lipinski definition) is 5. The number of para-hydroxylation sites is 1. The summed E-state index contributed by atoms with van der Waals surface area (Å²) in [5, 5.41) is 28.4. The SMILES string of the molecule is CCCn1c(CO)nnc1-c1cccc(C)c1[N+](=O)[O-]. The molecule has 0 bridgehead atoms. The van der Waals surface area contributed by atoms with Gasteiger partial charge >= 0.3 is 0 Å². The van der Waals surface area contributed by atoms with Crippen molar-refractivity contribution in [2.24, 2.45) is 0 Å². The van der Waals surface area contributed by atoms with Gasteiger partial charge in [0.25, 0.3) is 5.69 Å². The van der Waals surface area contributed by atoms with Crippen LogP contribution in [0.15, 0.2) is 18.2 Å². The first-order valence-corrected chi connectivity index (χ1v) is 6.37. The van der Waals surface area contributed by atoms with Gasteiger partial charge in [0, 0.05) is 12.1 Å². The number of benzene rings is 1. The maximum atomic E-state index is 11.3. The Morgan fingerprint density at radius 2 is 2.15 bits per heavy atom. The van der Waals surface area contributed by atoms with Crippen LogP contribution in [0, 0.1) is 17.0 Å². The van der Waals surface area contributed by atoms with Gasteiger partial charge in [0.2, 0.25) is 0 Å². The zero-order valence-electron chi connectivity index (χ0n) is 11.4. The fraction of sp³-hybridized carbons (Fsp3) is 0.385. The molecular formula is C13H16N4O3. The minimum absolute atomic E-state index is 0.0294. The van der Waals surface area contributed by atoms with E-state index in [1.54, 1.807) is 29.7 Å². The Labute approximate surface area is 116 Å². The van der Waals surface area contributed by atoms with Gasteiger partial charge in [0.05, 0.1) is 10.5 Å². The second-order valence-electron chi connectivity index (χ2n) is 4.48. The minimum Gasteiger partial charge on any atom is -0.388 e. The Balaban J connectivity index is 2.66. The lowest BCUT2D eigenvalue weighted by molar-refractivity contribution is -0.384. The third-order valence-electron chi connectivity index (χ3n) is 3.08. The molecule has 0 unspecified atom stereocenters. The van der Waals surface area contributed by atoms with Crippen LogP contribution in [0.1, 0.15) is 24.7 Å². The van der Waals surface area contributed by atoms with Gasteiger partial charge in [-0.15, -0.1) is 10.2 Å². The van der Waals surface area contributed by atoms with Crippen LogP contribution >= 0.6 is 0 Å². The average molecular weight is 276 g/mol. The average Bonchev–Trinajstić information content (AvgIpc) is 2.81. The summed E-state index contributed by atoms with van der Waals surface area (Å²) in [6.45, 7) is 4.03. The number of nitro benzene ring substituents is 1. The lowest BCUT2D eigenvalue weighted by atomic mass is 10.1. The monoisotopic (exact) mass is 276 g/mol. The Morgan fingerprint density at radius 1 is 1.40 bits per heavy atom. The van der Waals surface area contributed by atoms with E-state index in [-0.39, 0.29) is 12.3 Å². The number of aliphatic hydroxyl groups is 1. The number of aromatic nitrogens is 3. The normalized spacial score (nSPS) is 10.8. The molecule has 0 radical (unpaired) electrons. The molecule has 0 saturated heterocycles. The molecule has 0 saturated carbocycles. The maximum Gasteiger partial charge on any atom is 0.283 e. The van der Waals surface area contributed by atoms with Crippen molar-refractivity contribution in [3.05, 3.63) is 39.7 Å². The first-order chi connectivity index (χ1) is 9.60. The molecule has 1 aromatic carbocycles. The van der Waals surface area contributed by atoms with Gasteiger partial charge < -0.3 is 9.67 Å². The molecule has 7 heteroatoms. The lowest BCUT2D eigenvalue weighted by Crippen LogP contribution is -2.06. The standard InChI is InChI=1S/C13H16N4O3/c1-3-7-16-11(8-18)14-15-13(16)10-6-4-5-9(2)12(10)17(19)20/h4-6,18H,3,7-8H2,1-2H3. The summed E-state index contributed by atoms with van der Waals surface area (Å²) in [6, 6.07) is 5.10. The number of rotatable bonds is 5. The molecule has 1 N–H and O–H groups in total. The van der Waals surface area contributed by atoms with Gasteiger partial charge in [-0.2, -0.15) is 0 Å². The van der Waals surface area contributed by atoms with Crippen molar-refractivity contribution >= 4 is 5.69 Å². The molecule has 2 rings (SSSR count). The van der Waals surface area contributed by atoms with Crippen molar-refractivity contribution in [1.29, 1.82) is 0 Å². The van der Waals surface area contributed by atoms with Crippen LogP contribution < -0.4 is 0 Å². The molecule has 0 atom stereocenters. The largest absolute Gasteiger partial charge is 0.388 e. The first-order valence-electron chi connectivity index (χ1n) is 6.37. The van der Waals surface area contributed by atoms with Crippen LogP contribution in [-0.2, 0) is 13.2 Å². The highest BCUT2D eigenvalue weighted by Crippen LogP contribution is 2.31. The lowest BCUT2D eigenvalue weighted by Gasteiger charge is -2.09. The topological polar surface area (TPSA) is 94.1 Å². The quantitative estimate of drug-likeness (QED) is 0.666. The maximum absolute atomic E-state index is 11.3. The van der Waals surface area contributed by atoms with E-state index < -0.39 is 4.92 Å². The molecule has 0 fully saturated rings. The molecule has 0 aliphatic heterocycles. The van der Waals surface area contributed by atoms with E-state index in [2.05, 4.69) is 10.2 Å². The van der Waals surface area contributed by atoms with Crippen molar-refractivity contribution in [3.63, 3.8) is 0 Å². The van der Waals surface area contributed by atoms with E-state index in [0.717, 1.165) is 6.42 Å².